The van der Waals surface area contributed by atoms with Crippen molar-refractivity contribution in [2.45, 2.75) is 37.3 Å². The molecule has 2 unspecified atom stereocenters. The molecule has 356 valence electrons. The van der Waals surface area contributed by atoms with E-state index >= 15 is 0 Å². The van der Waals surface area contributed by atoms with Crippen LogP contribution < -0.4 is 21.3 Å². The monoisotopic (exact) mass is 1030 g/mol. The molecule has 0 amide bonds. The summed E-state index contributed by atoms with van der Waals surface area (Å²) in [5, 5.41) is 11.5. The summed E-state index contributed by atoms with van der Waals surface area (Å²) in [6, 6.07) is 10.4. The highest BCUT2D eigenvalue weighted by molar-refractivity contribution is 9.10. The Hall–Kier alpha value is -6.47. The molecule has 68 heavy (non-hydrogen) atoms. The Labute approximate surface area is 394 Å². The van der Waals surface area contributed by atoms with Gasteiger partial charge in [-0.15, -0.1) is 12.4 Å². The quantitative estimate of drug-likeness (QED) is 0.188. The molecule has 2 aromatic carbocycles. The fraction of sp³-hybridized carbons (Fsp3) is 0.381. The van der Waals surface area contributed by atoms with Crippen molar-refractivity contribution in [2.75, 3.05) is 31.1 Å². The van der Waals surface area contributed by atoms with Crippen LogP contribution in [0.4, 0.5) is 32.0 Å². The van der Waals surface area contributed by atoms with Crippen molar-refractivity contribution in [3.8, 4) is 0 Å². The minimum atomic E-state index is -4.36. The minimum Gasteiger partial charge on any atom is -0.371 e. The van der Waals surface area contributed by atoms with Gasteiger partial charge in [0.05, 0.1) is 23.8 Å². The topological polar surface area (TPSA) is 199 Å². The van der Waals surface area contributed by atoms with Gasteiger partial charge in [0, 0.05) is 49.2 Å². The van der Waals surface area contributed by atoms with Crippen LogP contribution in [0.2, 0.25) is 0 Å². The van der Waals surface area contributed by atoms with Crippen LogP contribution in [-0.4, -0.2) is 84.7 Å². The number of rotatable bonds is 7. The molecule has 8 aromatic rings. The third kappa shape index (κ3) is 9.12. The highest BCUT2D eigenvalue weighted by Crippen LogP contribution is 2.58. The van der Waals surface area contributed by atoms with Gasteiger partial charge in [-0.1, -0.05) is 38.4 Å². The predicted octanol–water partition coefficient (Wildman–Crippen LogP) is 5.81. The smallest absolute Gasteiger partial charge is 0.371 e. The number of anilines is 1. The summed E-state index contributed by atoms with van der Waals surface area (Å²) in [4.78, 5) is 52.6. The minimum absolute atomic E-state index is 0. The molecule has 0 radical (unpaired) electrons. The summed E-state index contributed by atoms with van der Waals surface area (Å²) in [6.07, 6.45) is -2.63. The van der Waals surface area contributed by atoms with Gasteiger partial charge in [-0.25, -0.2) is 19.9 Å². The van der Waals surface area contributed by atoms with Gasteiger partial charge in [0.25, 0.3) is 11.1 Å². The van der Waals surface area contributed by atoms with Crippen molar-refractivity contribution in [3.05, 3.63) is 134 Å². The van der Waals surface area contributed by atoms with Crippen LogP contribution in [0.3, 0.4) is 0 Å². The lowest BCUT2D eigenvalue weighted by Gasteiger charge is -2.22. The number of benzene rings is 2. The lowest BCUT2D eigenvalue weighted by molar-refractivity contribution is -0.138. The van der Waals surface area contributed by atoms with E-state index < -0.39 is 23.5 Å². The first-order valence-electron chi connectivity index (χ1n) is 20.9. The molecule has 1 N–H and O–H groups in total. The molecule has 4 fully saturated rings. The molecule has 2 aliphatic carbocycles. The zero-order chi connectivity index (χ0) is 46.9. The first-order valence-corrected chi connectivity index (χ1v) is 21.6. The van der Waals surface area contributed by atoms with Gasteiger partial charge in [-0.2, -0.15) is 36.3 Å². The molecule has 12 rings (SSSR count). The first-order chi connectivity index (χ1) is 32.0. The number of nitrogens with one attached hydrogen (secondary N) is 1. The number of nitrogens with zero attached hydrogens (tertiary/aromatic N) is 13. The van der Waals surface area contributed by atoms with Crippen LogP contribution in [0.25, 0.3) is 22.3 Å². The van der Waals surface area contributed by atoms with Gasteiger partial charge < -0.3 is 28.4 Å². The van der Waals surface area contributed by atoms with Crippen LogP contribution in [-0.2, 0) is 39.5 Å². The highest BCUT2D eigenvalue weighted by Gasteiger charge is 2.59. The third-order valence-corrected chi connectivity index (χ3v) is 13.0. The molecule has 18 nitrogen and oxygen atoms in total. The zero-order valence-corrected chi connectivity index (χ0v) is 38.0. The number of aromatic nitrogens is 12. The van der Waals surface area contributed by atoms with Gasteiger partial charge in [-0.3, -0.25) is 18.7 Å². The van der Waals surface area contributed by atoms with Crippen molar-refractivity contribution < 1.29 is 35.4 Å². The number of fused-ring (bicyclic) bond motifs is 4. The van der Waals surface area contributed by atoms with E-state index in [9.17, 15) is 35.9 Å². The molecule has 26 heteroatoms. The van der Waals surface area contributed by atoms with Crippen molar-refractivity contribution in [1.82, 2.24) is 63.8 Å². The molecular weight excluding hydrogens is 994 g/mol. The second-order valence-electron chi connectivity index (χ2n) is 16.8. The largest absolute Gasteiger partial charge is 0.416 e. The molecule has 2 aliphatic heterocycles. The Balaban J connectivity index is 0.000000143. The molecular formula is C42H38BrClF6N14O4. The lowest BCUT2D eigenvalue weighted by Crippen LogP contribution is -2.24. The molecule has 6 aromatic heterocycles. The average molecular weight is 1030 g/mol. The Morgan fingerprint density at radius 2 is 1.12 bits per heavy atom. The number of piperidine rings is 2. The summed E-state index contributed by atoms with van der Waals surface area (Å²) >= 11 is 2.95. The summed E-state index contributed by atoms with van der Waals surface area (Å²) in [6.45, 7) is 3.65. The number of hydrogen-bond acceptors (Lipinski definition) is 14. The molecule has 2 saturated carbocycles. The number of halogens is 8. The van der Waals surface area contributed by atoms with E-state index in [2.05, 4.69) is 61.5 Å². The van der Waals surface area contributed by atoms with E-state index in [0.29, 0.717) is 80.9 Å². The fourth-order valence-corrected chi connectivity index (χ4v) is 9.46. The maximum atomic E-state index is 13.0. The Kier molecular flexibility index (Phi) is 12.3. The SMILES string of the molecule is Cl.Cn1cnc2ncn(Cc3nc(C4[C@H]5CN(c6cccc(C(F)(F)F)c6)C[C@@H]45)no3)c(=O)c21.Cn1cnc2ncn(Cc3nc(C4[C@H]5CNC[C@@H]45)no3)c(=O)c21.FC(F)(F)c1cccc(Br)c1. The molecule has 0 spiro atoms. The maximum absolute atomic E-state index is 13.0. The number of hydrogen-bond donors (Lipinski definition) is 1. The number of alkyl halides is 6. The molecule has 0 bridgehead atoms. The molecule has 8 heterocycles. The fourth-order valence-electron chi connectivity index (χ4n) is 9.06. The van der Waals surface area contributed by atoms with Crippen LogP contribution in [0.15, 0.2) is 96.9 Å². The lowest BCUT2D eigenvalue weighted by atomic mass is 10.1. The van der Waals surface area contributed by atoms with E-state index in [-0.39, 0.29) is 54.4 Å². The summed E-state index contributed by atoms with van der Waals surface area (Å²) in [5.41, 5.74) is 0.558. The Morgan fingerprint density at radius 1 is 0.662 bits per heavy atom. The normalized spacial score (nSPS) is 21.4. The highest BCUT2D eigenvalue weighted by atomic mass is 79.9. The predicted molar refractivity (Wildman–Crippen MR) is 235 cm³/mol. The van der Waals surface area contributed by atoms with Gasteiger partial charge in [0.1, 0.15) is 25.7 Å². The average Bonchev–Trinajstić information content (AvgIpc) is 3.85. The molecule has 4 aliphatic rings. The zero-order valence-electron chi connectivity index (χ0n) is 35.6. The van der Waals surface area contributed by atoms with E-state index in [1.807, 2.05) is 4.90 Å². The van der Waals surface area contributed by atoms with Crippen molar-refractivity contribution >= 4 is 56.4 Å². The van der Waals surface area contributed by atoms with Crippen molar-refractivity contribution in [1.29, 1.82) is 0 Å². The number of aryl methyl sites for hydroxylation is 2. The molecule has 2 saturated heterocycles. The third-order valence-electron chi connectivity index (χ3n) is 12.6. The van der Waals surface area contributed by atoms with E-state index in [4.69, 9.17) is 9.05 Å². The van der Waals surface area contributed by atoms with Gasteiger partial charge in [0.15, 0.2) is 34.0 Å². The molecule has 6 atom stereocenters. The van der Waals surface area contributed by atoms with Gasteiger partial charge in [-0.05, 0) is 73.2 Å². The second-order valence-corrected chi connectivity index (χ2v) is 17.7. The second kappa shape index (κ2) is 17.9. The maximum Gasteiger partial charge on any atom is 0.416 e. The number of imidazole rings is 2. The summed E-state index contributed by atoms with van der Waals surface area (Å²) in [5.74, 6) is 4.39. The van der Waals surface area contributed by atoms with Gasteiger partial charge >= 0.3 is 12.4 Å². The Bertz CT molecular complexity index is 3230. The van der Waals surface area contributed by atoms with Crippen LogP contribution in [0.5, 0.6) is 0 Å². The first kappa shape index (κ1) is 46.6. The van der Waals surface area contributed by atoms with Crippen molar-refractivity contribution in [2.24, 2.45) is 37.8 Å². The van der Waals surface area contributed by atoms with Crippen LogP contribution in [0.1, 0.15) is 46.4 Å². The standard InChI is InChI=1S/C21H18F3N7O2.C14H15N7O2.C7H4BrF3.ClH/c1-29-9-25-19-17(29)20(32)31(10-26-19)8-15-27-18(28-33-15)16-13-6-30(7-14(13)16)12-4-2-3-11(5-12)21(22,23)24;1-20-5-16-13-11(20)14(22)21(6-17-13)4-9-18-12(19-23-9)10-7-2-15-3-8(7)10;8-6-3-1-2-5(4-6)7(9,10)11;/h2-5,9-10,13-14,16H,6-8H2,1H3;5-8,10,15H,2-4H2,1H3;1-4H;1H/t13-,14+,16?;7-,8+,10?;;. The van der Waals surface area contributed by atoms with Crippen molar-refractivity contribution in [3.63, 3.8) is 0 Å². The van der Waals surface area contributed by atoms with Gasteiger partial charge in [0.2, 0.25) is 11.8 Å². The van der Waals surface area contributed by atoms with E-state index in [1.54, 1.807) is 41.7 Å². The van der Waals surface area contributed by atoms with E-state index in [1.165, 1.54) is 46.3 Å². The Morgan fingerprint density at radius 3 is 1.59 bits per heavy atom. The van der Waals surface area contributed by atoms with E-state index in [0.717, 1.165) is 37.1 Å². The summed E-state index contributed by atoms with van der Waals surface area (Å²) < 4.78 is 92.1. The van der Waals surface area contributed by atoms with Crippen LogP contribution >= 0.6 is 28.3 Å². The van der Waals surface area contributed by atoms with Crippen LogP contribution in [0, 0.1) is 23.7 Å². The summed E-state index contributed by atoms with van der Waals surface area (Å²) in [7, 11) is 3.50.